The SMILES string of the molecule is Cc1ccc(S(=O)(=O)N2CCC[C@H](C(=O)Nc3ccc(CC(N)=O)cc3)C2)cc1. The number of nitrogens with one attached hydrogen (secondary N) is 1. The van der Waals surface area contributed by atoms with Crippen LogP contribution in [0.5, 0.6) is 0 Å². The molecule has 29 heavy (non-hydrogen) atoms. The van der Waals surface area contributed by atoms with Gasteiger partial charge in [0.15, 0.2) is 0 Å². The van der Waals surface area contributed by atoms with Crippen molar-refractivity contribution in [2.24, 2.45) is 11.7 Å². The van der Waals surface area contributed by atoms with Gasteiger partial charge in [0.1, 0.15) is 0 Å². The van der Waals surface area contributed by atoms with Crippen LogP contribution < -0.4 is 11.1 Å². The summed E-state index contributed by atoms with van der Waals surface area (Å²) in [6.07, 6.45) is 1.40. The maximum absolute atomic E-state index is 12.9. The first-order valence-electron chi connectivity index (χ1n) is 9.50. The number of benzene rings is 2. The predicted molar refractivity (Wildman–Crippen MR) is 111 cm³/mol. The number of sulfonamides is 1. The second-order valence-corrected chi connectivity index (χ2v) is 9.28. The van der Waals surface area contributed by atoms with Crippen LogP contribution in [0.1, 0.15) is 24.0 Å². The second kappa shape index (κ2) is 8.75. The van der Waals surface area contributed by atoms with E-state index in [-0.39, 0.29) is 23.8 Å². The molecule has 0 aliphatic carbocycles. The zero-order chi connectivity index (χ0) is 21.0. The van der Waals surface area contributed by atoms with Crippen molar-refractivity contribution in [1.29, 1.82) is 0 Å². The molecule has 1 atom stereocenters. The number of rotatable bonds is 6. The van der Waals surface area contributed by atoms with Crippen LogP contribution in [0.3, 0.4) is 0 Å². The summed E-state index contributed by atoms with van der Waals surface area (Å²) in [5.74, 6) is -1.05. The van der Waals surface area contributed by atoms with E-state index in [9.17, 15) is 18.0 Å². The molecule has 0 radical (unpaired) electrons. The van der Waals surface area contributed by atoms with E-state index in [0.717, 1.165) is 11.1 Å². The number of nitrogens with two attached hydrogens (primary N) is 1. The molecule has 2 amide bonds. The number of aryl methyl sites for hydroxylation is 1. The maximum atomic E-state index is 12.9. The number of carbonyl (C=O) groups is 2. The average molecular weight is 416 g/mol. The number of amides is 2. The molecule has 7 nitrogen and oxygen atoms in total. The first-order valence-corrected chi connectivity index (χ1v) is 10.9. The Kier molecular flexibility index (Phi) is 6.34. The predicted octanol–water partition coefficient (Wildman–Crippen LogP) is 2.06. The van der Waals surface area contributed by atoms with Crippen molar-refractivity contribution >= 4 is 27.5 Å². The molecular formula is C21H25N3O4S. The first-order chi connectivity index (χ1) is 13.8. The smallest absolute Gasteiger partial charge is 0.243 e. The van der Waals surface area contributed by atoms with Gasteiger partial charge in [-0.25, -0.2) is 8.42 Å². The highest BCUT2D eigenvalue weighted by atomic mass is 32.2. The Bertz CT molecular complexity index is 986. The number of nitrogens with zero attached hydrogens (tertiary/aromatic N) is 1. The Balaban J connectivity index is 1.66. The summed E-state index contributed by atoms with van der Waals surface area (Å²) in [6.45, 7) is 2.46. The summed E-state index contributed by atoms with van der Waals surface area (Å²) in [4.78, 5) is 23.9. The van der Waals surface area contributed by atoms with Gasteiger partial charge in [-0.2, -0.15) is 4.31 Å². The molecule has 1 aliphatic heterocycles. The Morgan fingerprint density at radius 2 is 1.76 bits per heavy atom. The van der Waals surface area contributed by atoms with E-state index in [1.54, 1.807) is 48.5 Å². The van der Waals surface area contributed by atoms with Gasteiger partial charge in [-0.15, -0.1) is 0 Å². The minimum absolute atomic E-state index is 0.142. The average Bonchev–Trinajstić information content (AvgIpc) is 2.69. The fourth-order valence-corrected chi connectivity index (χ4v) is 4.91. The van der Waals surface area contributed by atoms with Crippen molar-refractivity contribution in [2.45, 2.75) is 31.1 Å². The van der Waals surface area contributed by atoms with Gasteiger partial charge in [-0.3, -0.25) is 9.59 Å². The molecule has 3 rings (SSSR count). The number of carbonyl (C=O) groups excluding carboxylic acids is 2. The lowest BCUT2D eigenvalue weighted by molar-refractivity contribution is -0.121. The van der Waals surface area contributed by atoms with Crippen LogP contribution in [0.15, 0.2) is 53.4 Å². The van der Waals surface area contributed by atoms with Crippen LogP contribution in [0.4, 0.5) is 5.69 Å². The van der Waals surface area contributed by atoms with Gasteiger partial charge in [0.2, 0.25) is 21.8 Å². The third-order valence-corrected chi connectivity index (χ3v) is 6.89. The lowest BCUT2D eigenvalue weighted by Crippen LogP contribution is -2.43. The Morgan fingerprint density at radius 1 is 1.10 bits per heavy atom. The number of hydrogen-bond acceptors (Lipinski definition) is 4. The molecule has 0 aromatic heterocycles. The molecule has 0 saturated carbocycles. The molecular weight excluding hydrogens is 390 g/mol. The molecule has 2 aromatic carbocycles. The van der Waals surface area contributed by atoms with Gasteiger partial charge in [0.25, 0.3) is 0 Å². The third kappa shape index (κ3) is 5.21. The highest BCUT2D eigenvalue weighted by Gasteiger charge is 2.33. The molecule has 154 valence electrons. The molecule has 8 heteroatoms. The van der Waals surface area contributed by atoms with Crippen LogP contribution >= 0.6 is 0 Å². The van der Waals surface area contributed by atoms with Crippen molar-refractivity contribution in [1.82, 2.24) is 4.31 Å². The highest BCUT2D eigenvalue weighted by Crippen LogP contribution is 2.25. The molecule has 1 aliphatic rings. The van der Waals surface area contributed by atoms with Crippen LogP contribution in [-0.4, -0.2) is 37.6 Å². The van der Waals surface area contributed by atoms with Gasteiger partial charge < -0.3 is 11.1 Å². The number of primary amides is 1. The summed E-state index contributed by atoms with van der Waals surface area (Å²) in [5, 5.41) is 2.83. The molecule has 3 N–H and O–H groups in total. The van der Waals surface area contributed by atoms with Gasteiger partial charge in [-0.05, 0) is 49.6 Å². The first kappa shape index (κ1) is 21.0. The summed E-state index contributed by atoms with van der Waals surface area (Å²) in [6, 6.07) is 13.6. The van der Waals surface area contributed by atoms with Crippen LogP contribution in [0.2, 0.25) is 0 Å². The second-order valence-electron chi connectivity index (χ2n) is 7.34. The topological polar surface area (TPSA) is 110 Å². The molecule has 0 unspecified atom stereocenters. The quantitative estimate of drug-likeness (QED) is 0.752. The lowest BCUT2D eigenvalue weighted by atomic mass is 9.98. The fraction of sp³-hybridized carbons (Fsp3) is 0.333. The number of piperidine rings is 1. The number of anilines is 1. The minimum atomic E-state index is -3.63. The Morgan fingerprint density at radius 3 is 2.38 bits per heavy atom. The zero-order valence-corrected chi connectivity index (χ0v) is 17.1. The monoisotopic (exact) mass is 415 g/mol. The molecule has 2 aromatic rings. The maximum Gasteiger partial charge on any atom is 0.243 e. The van der Waals surface area contributed by atoms with Crippen LogP contribution in [0.25, 0.3) is 0 Å². The summed E-state index contributed by atoms with van der Waals surface area (Å²) in [5.41, 5.74) is 7.53. The van der Waals surface area contributed by atoms with Crippen molar-refractivity contribution in [3.05, 3.63) is 59.7 Å². The van der Waals surface area contributed by atoms with E-state index in [0.29, 0.717) is 25.1 Å². The molecule has 1 saturated heterocycles. The van der Waals surface area contributed by atoms with Crippen molar-refractivity contribution in [2.75, 3.05) is 18.4 Å². The molecule has 1 heterocycles. The van der Waals surface area contributed by atoms with Gasteiger partial charge in [0.05, 0.1) is 17.2 Å². The van der Waals surface area contributed by atoms with Gasteiger partial charge in [-0.1, -0.05) is 29.8 Å². The molecule has 0 bridgehead atoms. The highest BCUT2D eigenvalue weighted by molar-refractivity contribution is 7.89. The van der Waals surface area contributed by atoms with E-state index < -0.39 is 21.8 Å². The molecule has 0 spiro atoms. The van der Waals surface area contributed by atoms with Crippen LogP contribution in [-0.2, 0) is 26.0 Å². The van der Waals surface area contributed by atoms with Gasteiger partial charge in [0, 0.05) is 18.8 Å². The fourth-order valence-electron chi connectivity index (χ4n) is 3.39. The largest absolute Gasteiger partial charge is 0.369 e. The summed E-state index contributed by atoms with van der Waals surface area (Å²) < 4.78 is 27.2. The molecule has 1 fully saturated rings. The van der Waals surface area contributed by atoms with Crippen molar-refractivity contribution < 1.29 is 18.0 Å². The summed E-state index contributed by atoms with van der Waals surface area (Å²) in [7, 11) is -3.63. The number of hydrogen-bond donors (Lipinski definition) is 2. The van der Waals surface area contributed by atoms with Crippen molar-refractivity contribution in [3.63, 3.8) is 0 Å². The van der Waals surface area contributed by atoms with E-state index in [1.807, 2.05) is 6.92 Å². The Labute approximate surface area is 171 Å². The van der Waals surface area contributed by atoms with Crippen molar-refractivity contribution in [3.8, 4) is 0 Å². The van der Waals surface area contributed by atoms with E-state index in [4.69, 9.17) is 5.73 Å². The Hall–Kier alpha value is -2.71. The standard InChI is InChI=1S/C21H25N3O4S/c1-15-4-10-19(11-5-15)29(27,28)24-12-2-3-17(14-24)21(26)23-18-8-6-16(7-9-18)13-20(22)25/h4-11,17H,2-3,12-14H2,1H3,(H2,22,25)(H,23,26)/t17-/m0/s1. The van der Waals surface area contributed by atoms with Gasteiger partial charge >= 0.3 is 0 Å². The van der Waals surface area contributed by atoms with Crippen LogP contribution in [0, 0.1) is 12.8 Å². The van der Waals surface area contributed by atoms with E-state index in [1.165, 1.54) is 4.31 Å². The third-order valence-electron chi connectivity index (χ3n) is 5.01. The lowest BCUT2D eigenvalue weighted by Gasteiger charge is -2.31. The summed E-state index contributed by atoms with van der Waals surface area (Å²) >= 11 is 0. The zero-order valence-electron chi connectivity index (χ0n) is 16.3. The normalized spacial score (nSPS) is 17.6. The van der Waals surface area contributed by atoms with E-state index in [2.05, 4.69) is 5.32 Å². The minimum Gasteiger partial charge on any atom is -0.369 e. The van der Waals surface area contributed by atoms with E-state index >= 15 is 0 Å².